The van der Waals surface area contributed by atoms with Gasteiger partial charge in [0.2, 0.25) is 0 Å². The first-order chi connectivity index (χ1) is 7.67. The number of hydrogen-bond donors (Lipinski definition) is 0. The van der Waals surface area contributed by atoms with Gasteiger partial charge in [0.25, 0.3) is 0 Å². The molecule has 0 aliphatic carbocycles. The number of unbranched alkanes of at least 4 members (excludes halogenated alkanes) is 3. The molecule has 0 N–H and O–H groups in total. The molecule has 98 valence electrons. The standard InChI is InChI=1S/C16H34/c1-6-9-11-13-16(14(4)5)15(8-3)12-10-7-2/h14-16H,6-13H2,1-5H3. The lowest BCUT2D eigenvalue weighted by Gasteiger charge is -2.29. The highest BCUT2D eigenvalue weighted by atomic mass is 14.3. The first-order valence-corrected chi connectivity index (χ1v) is 7.67. The van der Waals surface area contributed by atoms with E-state index in [1.54, 1.807) is 0 Å². The van der Waals surface area contributed by atoms with Crippen LogP contribution in [-0.2, 0) is 0 Å². The summed E-state index contributed by atoms with van der Waals surface area (Å²) in [6, 6.07) is 0. The molecule has 0 nitrogen and oxygen atoms in total. The van der Waals surface area contributed by atoms with Gasteiger partial charge in [-0.15, -0.1) is 0 Å². The maximum atomic E-state index is 2.42. The Hall–Kier alpha value is 0. The van der Waals surface area contributed by atoms with E-state index in [-0.39, 0.29) is 0 Å². The van der Waals surface area contributed by atoms with Crippen molar-refractivity contribution in [2.24, 2.45) is 17.8 Å². The highest BCUT2D eigenvalue weighted by Crippen LogP contribution is 2.32. The lowest BCUT2D eigenvalue weighted by Crippen LogP contribution is -2.20. The van der Waals surface area contributed by atoms with Gasteiger partial charge >= 0.3 is 0 Å². The van der Waals surface area contributed by atoms with Crippen molar-refractivity contribution in [3.8, 4) is 0 Å². The Morgan fingerprint density at radius 1 is 0.750 bits per heavy atom. The average Bonchev–Trinajstić information content (AvgIpc) is 2.27. The maximum absolute atomic E-state index is 2.42. The van der Waals surface area contributed by atoms with E-state index in [0.29, 0.717) is 0 Å². The molecule has 0 aromatic heterocycles. The fraction of sp³-hybridized carbons (Fsp3) is 1.00. The van der Waals surface area contributed by atoms with Crippen LogP contribution in [0, 0.1) is 17.8 Å². The molecule has 0 spiro atoms. The van der Waals surface area contributed by atoms with Crippen LogP contribution >= 0.6 is 0 Å². The van der Waals surface area contributed by atoms with Gasteiger partial charge < -0.3 is 0 Å². The third kappa shape index (κ3) is 6.55. The molecule has 0 bridgehead atoms. The molecular formula is C16H34. The van der Waals surface area contributed by atoms with Crippen molar-refractivity contribution < 1.29 is 0 Å². The summed E-state index contributed by atoms with van der Waals surface area (Å²) in [5.74, 6) is 2.83. The van der Waals surface area contributed by atoms with Gasteiger partial charge in [-0.25, -0.2) is 0 Å². The molecule has 0 saturated carbocycles. The molecule has 0 radical (unpaired) electrons. The fourth-order valence-electron chi connectivity index (χ4n) is 2.93. The zero-order chi connectivity index (χ0) is 12.4. The minimum Gasteiger partial charge on any atom is -0.0654 e. The van der Waals surface area contributed by atoms with Crippen LogP contribution in [0.2, 0.25) is 0 Å². The molecule has 16 heavy (non-hydrogen) atoms. The second kappa shape index (κ2) is 10.2. The van der Waals surface area contributed by atoms with Gasteiger partial charge in [0, 0.05) is 0 Å². The molecule has 2 unspecified atom stereocenters. The molecule has 0 aliphatic rings. The zero-order valence-electron chi connectivity index (χ0n) is 12.4. The summed E-state index contributed by atoms with van der Waals surface area (Å²) in [7, 11) is 0. The van der Waals surface area contributed by atoms with E-state index in [1.165, 1.54) is 51.4 Å². The second-order valence-electron chi connectivity index (χ2n) is 5.71. The summed E-state index contributed by atoms with van der Waals surface area (Å²) in [4.78, 5) is 0. The van der Waals surface area contributed by atoms with Crippen LogP contribution in [0.3, 0.4) is 0 Å². The predicted octanol–water partition coefficient (Wildman–Crippen LogP) is 6.06. The smallest absolute Gasteiger partial charge is 0.0363 e. The summed E-state index contributed by atoms with van der Waals surface area (Å²) < 4.78 is 0. The second-order valence-corrected chi connectivity index (χ2v) is 5.71. The van der Waals surface area contributed by atoms with Crippen LogP contribution in [0.4, 0.5) is 0 Å². The fourth-order valence-corrected chi connectivity index (χ4v) is 2.93. The highest BCUT2D eigenvalue weighted by molar-refractivity contribution is 4.72. The van der Waals surface area contributed by atoms with E-state index >= 15 is 0 Å². The Balaban J connectivity index is 4.12. The summed E-state index contributed by atoms with van der Waals surface area (Å²) in [6.07, 6.45) is 11.3. The van der Waals surface area contributed by atoms with Crippen LogP contribution in [0.15, 0.2) is 0 Å². The summed E-state index contributed by atoms with van der Waals surface area (Å²) in [6.45, 7) is 11.8. The van der Waals surface area contributed by atoms with Crippen molar-refractivity contribution in [1.29, 1.82) is 0 Å². The van der Waals surface area contributed by atoms with E-state index in [9.17, 15) is 0 Å². The first kappa shape index (κ1) is 16.0. The first-order valence-electron chi connectivity index (χ1n) is 7.67. The van der Waals surface area contributed by atoms with Gasteiger partial charge in [-0.3, -0.25) is 0 Å². The Labute approximate surface area is 104 Å². The van der Waals surface area contributed by atoms with Crippen LogP contribution in [0.5, 0.6) is 0 Å². The summed E-state index contributed by atoms with van der Waals surface area (Å²) >= 11 is 0. The van der Waals surface area contributed by atoms with Gasteiger partial charge in [-0.1, -0.05) is 79.6 Å². The molecule has 0 rings (SSSR count). The lowest BCUT2D eigenvalue weighted by atomic mass is 9.76. The van der Waals surface area contributed by atoms with Crippen LogP contribution < -0.4 is 0 Å². The van der Waals surface area contributed by atoms with Gasteiger partial charge in [0.05, 0.1) is 0 Å². The quantitative estimate of drug-likeness (QED) is 0.397. The molecule has 0 heteroatoms. The molecule has 0 amide bonds. The van der Waals surface area contributed by atoms with Crippen molar-refractivity contribution in [3.63, 3.8) is 0 Å². The van der Waals surface area contributed by atoms with Crippen molar-refractivity contribution in [2.45, 2.75) is 86.0 Å². The molecule has 0 aliphatic heterocycles. The van der Waals surface area contributed by atoms with Gasteiger partial charge in [-0.2, -0.15) is 0 Å². The Morgan fingerprint density at radius 2 is 1.38 bits per heavy atom. The molecule has 0 aromatic rings. The Morgan fingerprint density at radius 3 is 1.81 bits per heavy atom. The highest BCUT2D eigenvalue weighted by Gasteiger charge is 2.21. The Kier molecular flexibility index (Phi) is 10.2. The third-order valence-corrected chi connectivity index (χ3v) is 4.06. The van der Waals surface area contributed by atoms with E-state index in [2.05, 4.69) is 34.6 Å². The minimum atomic E-state index is 0.874. The van der Waals surface area contributed by atoms with Gasteiger partial charge in [-0.05, 0) is 24.2 Å². The summed E-state index contributed by atoms with van der Waals surface area (Å²) in [5, 5.41) is 0. The maximum Gasteiger partial charge on any atom is -0.0363 e. The van der Waals surface area contributed by atoms with Crippen LogP contribution in [0.25, 0.3) is 0 Å². The Bertz CT molecular complexity index is 137. The predicted molar refractivity (Wildman–Crippen MR) is 75.8 cm³/mol. The van der Waals surface area contributed by atoms with E-state index in [4.69, 9.17) is 0 Å². The topological polar surface area (TPSA) is 0 Å². The van der Waals surface area contributed by atoms with E-state index in [1.807, 2.05) is 0 Å². The van der Waals surface area contributed by atoms with Crippen LogP contribution in [-0.4, -0.2) is 0 Å². The van der Waals surface area contributed by atoms with Gasteiger partial charge in [0.15, 0.2) is 0 Å². The largest absolute Gasteiger partial charge is 0.0654 e. The SMILES string of the molecule is CCCCCC(C(C)C)C(CC)CCCC. The molecule has 0 heterocycles. The number of hydrogen-bond acceptors (Lipinski definition) is 0. The van der Waals surface area contributed by atoms with Crippen LogP contribution in [0.1, 0.15) is 86.0 Å². The van der Waals surface area contributed by atoms with E-state index in [0.717, 1.165) is 17.8 Å². The number of rotatable bonds is 10. The van der Waals surface area contributed by atoms with E-state index < -0.39 is 0 Å². The average molecular weight is 226 g/mol. The molecule has 0 saturated heterocycles. The third-order valence-electron chi connectivity index (χ3n) is 4.06. The molecule has 0 aromatic carbocycles. The lowest BCUT2D eigenvalue weighted by molar-refractivity contribution is 0.209. The molecule has 2 atom stereocenters. The molecular weight excluding hydrogens is 192 g/mol. The minimum absolute atomic E-state index is 0.874. The zero-order valence-corrected chi connectivity index (χ0v) is 12.4. The van der Waals surface area contributed by atoms with Crippen molar-refractivity contribution in [2.75, 3.05) is 0 Å². The van der Waals surface area contributed by atoms with Crippen molar-refractivity contribution in [1.82, 2.24) is 0 Å². The van der Waals surface area contributed by atoms with Crippen molar-refractivity contribution >= 4 is 0 Å². The van der Waals surface area contributed by atoms with Gasteiger partial charge in [0.1, 0.15) is 0 Å². The van der Waals surface area contributed by atoms with Crippen molar-refractivity contribution in [3.05, 3.63) is 0 Å². The monoisotopic (exact) mass is 226 g/mol. The normalized spacial score (nSPS) is 15.4. The summed E-state index contributed by atoms with van der Waals surface area (Å²) in [5.41, 5.74) is 0. The molecule has 0 fully saturated rings.